The van der Waals surface area contributed by atoms with E-state index in [0.717, 1.165) is 21.7 Å². The Hall–Kier alpha value is -2.45. The summed E-state index contributed by atoms with van der Waals surface area (Å²) < 4.78 is 5.06. The molecule has 2 heterocycles. The van der Waals surface area contributed by atoms with Gasteiger partial charge in [0.15, 0.2) is 6.61 Å². The quantitative estimate of drug-likeness (QED) is 0.332. The van der Waals surface area contributed by atoms with Crippen molar-refractivity contribution >= 4 is 50.9 Å². The van der Waals surface area contributed by atoms with Gasteiger partial charge in [-0.25, -0.2) is 9.97 Å². The Kier molecular flexibility index (Phi) is 7.00. The minimum atomic E-state index is -0.464. The maximum Gasteiger partial charge on any atom is 0.316 e. The first-order chi connectivity index (χ1) is 13.6. The van der Waals surface area contributed by atoms with Gasteiger partial charge in [-0.1, -0.05) is 37.7 Å². The highest BCUT2D eigenvalue weighted by molar-refractivity contribution is 8.00. The van der Waals surface area contributed by atoms with E-state index in [9.17, 15) is 9.59 Å². The number of aromatic nitrogens is 2. The van der Waals surface area contributed by atoms with Crippen LogP contribution in [-0.4, -0.2) is 34.2 Å². The third-order valence-electron chi connectivity index (χ3n) is 4.29. The smallest absolute Gasteiger partial charge is 0.316 e. The van der Waals surface area contributed by atoms with E-state index in [4.69, 9.17) is 4.74 Å². The number of thioether (sulfide) groups is 1. The first-order valence-corrected chi connectivity index (χ1v) is 10.8. The number of rotatable bonds is 8. The summed E-state index contributed by atoms with van der Waals surface area (Å²) in [7, 11) is 0. The van der Waals surface area contributed by atoms with Crippen LogP contribution in [0, 0.1) is 0 Å². The zero-order valence-electron chi connectivity index (χ0n) is 15.7. The SMILES string of the molecule is CC[C@@H](C)c1ccc(NC(=O)COC(=O)CSc2ncnc3sccc23)cc1. The van der Waals surface area contributed by atoms with E-state index in [1.165, 1.54) is 35.0 Å². The van der Waals surface area contributed by atoms with Crippen LogP contribution in [-0.2, 0) is 14.3 Å². The molecule has 0 aliphatic carbocycles. The molecule has 0 bridgehead atoms. The number of esters is 1. The highest BCUT2D eigenvalue weighted by Crippen LogP contribution is 2.27. The summed E-state index contributed by atoms with van der Waals surface area (Å²) in [6.07, 6.45) is 2.54. The predicted molar refractivity (Wildman–Crippen MR) is 113 cm³/mol. The molecule has 6 nitrogen and oxygen atoms in total. The van der Waals surface area contributed by atoms with E-state index in [0.29, 0.717) is 11.6 Å². The molecule has 0 saturated carbocycles. The van der Waals surface area contributed by atoms with Gasteiger partial charge in [0.05, 0.1) is 5.75 Å². The van der Waals surface area contributed by atoms with E-state index in [-0.39, 0.29) is 18.3 Å². The number of carbonyl (C=O) groups is 2. The van der Waals surface area contributed by atoms with Gasteiger partial charge < -0.3 is 10.1 Å². The normalized spacial score (nSPS) is 11.9. The van der Waals surface area contributed by atoms with Gasteiger partial charge in [-0.2, -0.15) is 0 Å². The zero-order valence-corrected chi connectivity index (χ0v) is 17.3. The summed E-state index contributed by atoms with van der Waals surface area (Å²) in [5.41, 5.74) is 1.91. The Morgan fingerprint density at radius 2 is 2.00 bits per heavy atom. The number of thiophene rings is 1. The Balaban J connectivity index is 1.44. The topological polar surface area (TPSA) is 81.2 Å². The Labute approximate surface area is 171 Å². The van der Waals surface area contributed by atoms with Crippen molar-refractivity contribution in [2.24, 2.45) is 0 Å². The minimum absolute atomic E-state index is 0.0822. The molecule has 146 valence electrons. The summed E-state index contributed by atoms with van der Waals surface area (Å²) in [5, 5.41) is 6.32. The molecule has 8 heteroatoms. The highest BCUT2D eigenvalue weighted by Gasteiger charge is 2.12. The van der Waals surface area contributed by atoms with Crippen LogP contribution in [0.15, 0.2) is 47.1 Å². The third kappa shape index (κ3) is 5.30. The van der Waals surface area contributed by atoms with Crippen LogP contribution < -0.4 is 5.32 Å². The summed E-state index contributed by atoms with van der Waals surface area (Å²) in [6.45, 7) is 3.99. The van der Waals surface area contributed by atoms with E-state index in [1.807, 2.05) is 35.7 Å². The van der Waals surface area contributed by atoms with Crippen molar-refractivity contribution in [1.29, 1.82) is 0 Å². The molecule has 0 radical (unpaired) electrons. The van der Waals surface area contributed by atoms with Crippen LogP contribution in [0.4, 0.5) is 5.69 Å². The van der Waals surface area contributed by atoms with Crippen LogP contribution in [0.1, 0.15) is 31.7 Å². The largest absolute Gasteiger partial charge is 0.455 e. The molecule has 0 fully saturated rings. The fourth-order valence-corrected chi connectivity index (χ4v) is 4.10. The van der Waals surface area contributed by atoms with Gasteiger partial charge in [-0.15, -0.1) is 11.3 Å². The van der Waals surface area contributed by atoms with Crippen molar-refractivity contribution in [3.05, 3.63) is 47.6 Å². The lowest BCUT2D eigenvalue weighted by atomic mass is 9.99. The average molecular weight is 416 g/mol. The van der Waals surface area contributed by atoms with Crippen molar-refractivity contribution in [2.45, 2.75) is 31.2 Å². The molecular formula is C20H21N3O3S2. The summed E-state index contributed by atoms with van der Waals surface area (Å²) in [5.74, 6) is -0.265. The number of carbonyl (C=O) groups excluding carboxylic acids is 2. The molecule has 3 rings (SSSR count). The maximum absolute atomic E-state index is 12.0. The Morgan fingerprint density at radius 1 is 1.21 bits per heavy atom. The number of fused-ring (bicyclic) bond motifs is 1. The molecule has 0 spiro atoms. The number of anilines is 1. The Bertz CT molecular complexity index is 957. The van der Waals surface area contributed by atoms with E-state index in [2.05, 4.69) is 29.1 Å². The number of nitrogens with one attached hydrogen (secondary N) is 1. The lowest BCUT2D eigenvalue weighted by Crippen LogP contribution is -2.21. The third-order valence-corrected chi connectivity index (χ3v) is 6.09. The van der Waals surface area contributed by atoms with E-state index >= 15 is 0 Å². The van der Waals surface area contributed by atoms with Gasteiger partial charge in [0.1, 0.15) is 16.2 Å². The fourth-order valence-electron chi connectivity index (χ4n) is 2.53. The number of benzene rings is 1. The van der Waals surface area contributed by atoms with Gasteiger partial charge in [0.2, 0.25) is 0 Å². The molecule has 1 amide bonds. The predicted octanol–water partition coefficient (Wildman–Crippen LogP) is 4.48. The summed E-state index contributed by atoms with van der Waals surface area (Å²) in [4.78, 5) is 33.2. The highest BCUT2D eigenvalue weighted by atomic mass is 32.2. The van der Waals surface area contributed by atoms with Crippen molar-refractivity contribution < 1.29 is 14.3 Å². The first kappa shape index (κ1) is 20.3. The van der Waals surface area contributed by atoms with E-state index < -0.39 is 5.97 Å². The molecule has 2 aromatic heterocycles. The number of hydrogen-bond acceptors (Lipinski definition) is 7. The molecule has 28 heavy (non-hydrogen) atoms. The van der Waals surface area contributed by atoms with Crippen LogP contribution in [0.25, 0.3) is 10.2 Å². The second-order valence-electron chi connectivity index (χ2n) is 6.25. The standard InChI is InChI=1S/C20H21N3O3S2/c1-3-13(2)14-4-6-15(7-5-14)23-17(24)10-26-18(25)11-28-20-16-8-9-27-19(16)21-12-22-20/h4-9,12-13H,3,10-11H2,1-2H3,(H,23,24)/t13-/m1/s1. The molecule has 3 aromatic rings. The minimum Gasteiger partial charge on any atom is -0.455 e. The molecule has 0 saturated heterocycles. The number of amides is 1. The van der Waals surface area contributed by atoms with Gasteiger partial charge >= 0.3 is 5.97 Å². The van der Waals surface area contributed by atoms with Crippen LogP contribution >= 0.6 is 23.1 Å². The van der Waals surface area contributed by atoms with Crippen LogP contribution in [0.3, 0.4) is 0 Å². The molecule has 1 N–H and O–H groups in total. The summed E-state index contributed by atoms with van der Waals surface area (Å²) in [6, 6.07) is 9.64. The molecule has 1 aromatic carbocycles. The second-order valence-corrected chi connectivity index (χ2v) is 8.11. The van der Waals surface area contributed by atoms with Crippen molar-refractivity contribution in [1.82, 2.24) is 9.97 Å². The molecule has 1 atom stereocenters. The summed E-state index contributed by atoms with van der Waals surface area (Å²) >= 11 is 2.79. The van der Waals surface area contributed by atoms with Gasteiger partial charge in [0, 0.05) is 11.1 Å². The number of nitrogens with zero attached hydrogens (tertiary/aromatic N) is 2. The lowest BCUT2D eigenvalue weighted by Gasteiger charge is -2.10. The number of ether oxygens (including phenoxy) is 1. The van der Waals surface area contributed by atoms with E-state index in [1.54, 1.807) is 0 Å². The lowest BCUT2D eigenvalue weighted by molar-refractivity contribution is -0.144. The van der Waals surface area contributed by atoms with Crippen LogP contribution in [0.2, 0.25) is 0 Å². The van der Waals surface area contributed by atoms with Gasteiger partial charge in [0.25, 0.3) is 5.91 Å². The van der Waals surface area contributed by atoms with Gasteiger partial charge in [-0.05, 0) is 41.5 Å². The molecular weight excluding hydrogens is 394 g/mol. The molecule has 0 unspecified atom stereocenters. The molecule has 0 aliphatic heterocycles. The fraction of sp³-hybridized carbons (Fsp3) is 0.300. The van der Waals surface area contributed by atoms with Crippen molar-refractivity contribution in [3.8, 4) is 0 Å². The monoisotopic (exact) mass is 415 g/mol. The maximum atomic E-state index is 12.0. The average Bonchev–Trinajstić information content (AvgIpc) is 3.20. The second kappa shape index (κ2) is 9.66. The van der Waals surface area contributed by atoms with Gasteiger partial charge in [-0.3, -0.25) is 9.59 Å². The Morgan fingerprint density at radius 3 is 2.75 bits per heavy atom. The number of hydrogen-bond donors (Lipinski definition) is 1. The van der Waals surface area contributed by atoms with Crippen LogP contribution in [0.5, 0.6) is 0 Å². The zero-order chi connectivity index (χ0) is 19.9. The first-order valence-electron chi connectivity index (χ1n) is 8.93. The van der Waals surface area contributed by atoms with Crippen molar-refractivity contribution in [3.63, 3.8) is 0 Å². The molecule has 0 aliphatic rings. The van der Waals surface area contributed by atoms with Crippen molar-refractivity contribution in [2.75, 3.05) is 17.7 Å².